The van der Waals surface area contributed by atoms with Crippen molar-refractivity contribution in [3.63, 3.8) is 0 Å². The van der Waals surface area contributed by atoms with Crippen molar-refractivity contribution in [3.8, 4) is 11.5 Å². The number of aryl methyl sites for hydroxylation is 1. The molecule has 0 saturated carbocycles. The maximum absolute atomic E-state index is 12.5. The number of likely N-dealkylation sites (tertiary alicyclic amines) is 1. The standard InChI is InChI=1S/C27H32N4O3/c1-19-6-4-5-7-26(19)34-25-14-10-22(11-15-25)29-27(33)28-21-8-12-23(13-9-21)31-17-16-24(18-31)30(3)20(2)32/h4-8,10-15,21,24H,9,16-18H2,1-3H3,(H2,28,29,33). The number of anilines is 1. The highest BCUT2D eigenvalue weighted by Gasteiger charge is 2.28. The molecule has 0 aromatic heterocycles. The number of hydrogen-bond acceptors (Lipinski definition) is 4. The van der Waals surface area contributed by atoms with Crippen molar-refractivity contribution >= 4 is 17.6 Å². The van der Waals surface area contributed by atoms with E-state index in [0.29, 0.717) is 11.4 Å². The van der Waals surface area contributed by atoms with Crippen LogP contribution in [0.25, 0.3) is 0 Å². The van der Waals surface area contributed by atoms with Crippen LogP contribution in [0.1, 0.15) is 25.3 Å². The molecule has 7 heteroatoms. The summed E-state index contributed by atoms with van der Waals surface area (Å²) in [6.07, 6.45) is 7.93. The molecule has 1 heterocycles. The summed E-state index contributed by atoms with van der Waals surface area (Å²) in [4.78, 5) is 28.2. The highest BCUT2D eigenvalue weighted by atomic mass is 16.5. The van der Waals surface area contributed by atoms with E-state index in [4.69, 9.17) is 4.74 Å². The summed E-state index contributed by atoms with van der Waals surface area (Å²) in [7, 11) is 1.87. The van der Waals surface area contributed by atoms with E-state index >= 15 is 0 Å². The number of carbonyl (C=O) groups is 2. The zero-order valence-electron chi connectivity index (χ0n) is 20.0. The molecule has 7 nitrogen and oxygen atoms in total. The minimum absolute atomic E-state index is 0.0642. The molecule has 1 saturated heterocycles. The minimum atomic E-state index is -0.247. The van der Waals surface area contributed by atoms with Crippen LogP contribution >= 0.6 is 0 Å². The maximum atomic E-state index is 12.5. The van der Waals surface area contributed by atoms with E-state index in [9.17, 15) is 9.59 Å². The van der Waals surface area contributed by atoms with Crippen LogP contribution in [-0.4, -0.2) is 54.0 Å². The Morgan fingerprint density at radius 2 is 1.88 bits per heavy atom. The van der Waals surface area contributed by atoms with Crippen molar-refractivity contribution in [2.24, 2.45) is 0 Å². The first kappa shape index (κ1) is 23.4. The summed E-state index contributed by atoms with van der Waals surface area (Å²) in [5.74, 6) is 1.63. The quantitative estimate of drug-likeness (QED) is 0.657. The lowest BCUT2D eigenvalue weighted by Crippen LogP contribution is -2.38. The third-order valence-corrected chi connectivity index (χ3v) is 6.40. The molecule has 2 aliphatic rings. The number of ether oxygens (including phenoxy) is 1. The van der Waals surface area contributed by atoms with Crippen LogP contribution in [0.2, 0.25) is 0 Å². The Kier molecular flexibility index (Phi) is 7.21. The summed E-state index contributed by atoms with van der Waals surface area (Å²) < 4.78 is 5.91. The van der Waals surface area contributed by atoms with E-state index in [2.05, 4.69) is 27.7 Å². The minimum Gasteiger partial charge on any atom is -0.457 e. The van der Waals surface area contributed by atoms with Crippen LogP contribution in [0.15, 0.2) is 72.5 Å². The molecule has 1 fully saturated rings. The van der Waals surface area contributed by atoms with Gasteiger partial charge in [-0.1, -0.05) is 30.4 Å². The zero-order valence-corrected chi connectivity index (χ0v) is 20.0. The molecular weight excluding hydrogens is 428 g/mol. The Morgan fingerprint density at radius 3 is 2.56 bits per heavy atom. The fourth-order valence-corrected chi connectivity index (χ4v) is 4.24. The van der Waals surface area contributed by atoms with Crippen LogP contribution in [-0.2, 0) is 4.79 Å². The summed E-state index contributed by atoms with van der Waals surface area (Å²) in [6, 6.07) is 15.1. The molecule has 2 unspecified atom stereocenters. The largest absolute Gasteiger partial charge is 0.457 e. The van der Waals surface area contributed by atoms with Gasteiger partial charge in [0.25, 0.3) is 0 Å². The number of nitrogens with one attached hydrogen (secondary N) is 2. The zero-order chi connectivity index (χ0) is 24.1. The number of benzene rings is 2. The molecule has 0 bridgehead atoms. The summed E-state index contributed by atoms with van der Waals surface area (Å²) in [6.45, 7) is 5.38. The van der Waals surface area contributed by atoms with E-state index in [0.717, 1.165) is 42.9 Å². The molecule has 1 aliphatic heterocycles. The summed E-state index contributed by atoms with van der Waals surface area (Å²) >= 11 is 0. The Balaban J connectivity index is 1.24. The number of nitrogens with zero attached hydrogens (tertiary/aromatic N) is 2. The normalized spacial score (nSPS) is 19.4. The number of hydrogen-bond donors (Lipinski definition) is 2. The number of carbonyl (C=O) groups excluding carboxylic acids is 2. The van der Waals surface area contributed by atoms with E-state index in [1.807, 2.05) is 73.5 Å². The molecule has 2 aromatic carbocycles. The summed E-state index contributed by atoms with van der Waals surface area (Å²) in [5.41, 5.74) is 2.92. The van der Waals surface area contributed by atoms with Crippen LogP contribution in [0.5, 0.6) is 11.5 Å². The van der Waals surface area contributed by atoms with Crippen molar-refractivity contribution in [1.82, 2.24) is 15.1 Å². The Bertz CT molecular complexity index is 1090. The Labute approximate surface area is 201 Å². The molecular formula is C27H32N4O3. The fraction of sp³-hybridized carbons (Fsp3) is 0.333. The second-order valence-electron chi connectivity index (χ2n) is 8.84. The molecule has 0 radical (unpaired) electrons. The third-order valence-electron chi connectivity index (χ3n) is 6.40. The van der Waals surface area contributed by atoms with E-state index in [1.54, 1.807) is 6.92 Å². The molecule has 4 rings (SSSR count). The number of para-hydroxylation sites is 1. The molecule has 178 valence electrons. The second kappa shape index (κ2) is 10.5. The van der Waals surface area contributed by atoms with Gasteiger partial charge in [0.05, 0.1) is 12.1 Å². The lowest BCUT2D eigenvalue weighted by Gasteiger charge is -2.27. The predicted molar refractivity (Wildman–Crippen MR) is 134 cm³/mol. The Morgan fingerprint density at radius 1 is 1.12 bits per heavy atom. The molecule has 2 atom stereocenters. The van der Waals surface area contributed by atoms with Gasteiger partial charge in [-0.3, -0.25) is 4.79 Å². The highest BCUT2D eigenvalue weighted by Crippen LogP contribution is 2.26. The summed E-state index contributed by atoms with van der Waals surface area (Å²) in [5, 5.41) is 5.88. The maximum Gasteiger partial charge on any atom is 0.319 e. The van der Waals surface area contributed by atoms with Gasteiger partial charge >= 0.3 is 6.03 Å². The molecule has 0 spiro atoms. The first-order valence-corrected chi connectivity index (χ1v) is 11.7. The second-order valence-corrected chi connectivity index (χ2v) is 8.84. The van der Waals surface area contributed by atoms with Gasteiger partial charge in [-0.2, -0.15) is 0 Å². The van der Waals surface area contributed by atoms with Crippen molar-refractivity contribution in [2.75, 3.05) is 25.5 Å². The predicted octanol–water partition coefficient (Wildman–Crippen LogP) is 4.67. The van der Waals surface area contributed by atoms with E-state index in [-0.39, 0.29) is 24.0 Å². The monoisotopic (exact) mass is 460 g/mol. The molecule has 2 N–H and O–H groups in total. The third kappa shape index (κ3) is 5.78. The van der Waals surface area contributed by atoms with Gasteiger partial charge in [-0.15, -0.1) is 0 Å². The van der Waals surface area contributed by atoms with Crippen LogP contribution in [0, 0.1) is 6.92 Å². The van der Waals surface area contributed by atoms with E-state index < -0.39 is 0 Å². The smallest absolute Gasteiger partial charge is 0.319 e. The average molecular weight is 461 g/mol. The van der Waals surface area contributed by atoms with Gasteiger partial charge in [-0.25, -0.2) is 4.79 Å². The lowest BCUT2D eigenvalue weighted by molar-refractivity contribution is -0.129. The van der Waals surface area contributed by atoms with Gasteiger partial charge in [0, 0.05) is 38.4 Å². The van der Waals surface area contributed by atoms with Gasteiger partial charge in [-0.05, 0) is 61.7 Å². The van der Waals surface area contributed by atoms with Gasteiger partial charge in [0.2, 0.25) is 5.91 Å². The van der Waals surface area contributed by atoms with Crippen molar-refractivity contribution in [1.29, 1.82) is 0 Å². The average Bonchev–Trinajstić information content (AvgIpc) is 3.32. The van der Waals surface area contributed by atoms with Crippen molar-refractivity contribution in [3.05, 3.63) is 78.0 Å². The molecule has 1 aliphatic carbocycles. The van der Waals surface area contributed by atoms with Crippen LogP contribution < -0.4 is 15.4 Å². The van der Waals surface area contributed by atoms with Gasteiger partial charge in [0.15, 0.2) is 0 Å². The fourth-order valence-electron chi connectivity index (χ4n) is 4.24. The number of rotatable bonds is 6. The highest BCUT2D eigenvalue weighted by molar-refractivity contribution is 5.89. The number of amides is 3. The number of likely N-dealkylation sites (N-methyl/N-ethyl adjacent to an activating group) is 1. The number of urea groups is 1. The lowest BCUT2D eigenvalue weighted by atomic mass is 10.1. The first-order valence-electron chi connectivity index (χ1n) is 11.7. The van der Waals surface area contributed by atoms with Gasteiger partial charge < -0.3 is 25.2 Å². The van der Waals surface area contributed by atoms with E-state index in [1.165, 1.54) is 0 Å². The Hall–Kier alpha value is -3.74. The van der Waals surface area contributed by atoms with Crippen molar-refractivity contribution in [2.45, 2.75) is 38.8 Å². The number of allylic oxidation sites excluding steroid dienone is 1. The van der Waals surface area contributed by atoms with Crippen LogP contribution in [0.3, 0.4) is 0 Å². The topological polar surface area (TPSA) is 73.9 Å². The SMILES string of the molecule is CC(=O)N(C)C1CCN(C2=CCC(NC(=O)Nc3ccc(Oc4ccccc4C)cc3)C=C2)C1. The molecule has 2 aromatic rings. The molecule has 34 heavy (non-hydrogen) atoms. The molecule has 3 amide bonds. The first-order chi connectivity index (χ1) is 16.4. The van der Waals surface area contributed by atoms with Gasteiger partial charge in [0.1, 0.15) is 11.5 Å². The van der Waals surface area contributed by atoms with Crippen LogP contribution in [0.4, 0.5) is 10.5 Å². The van der Waals surface area contributed by atoms with Crippen molar-refractivity contribution < 1.29 is 14.3 Å².